The molecule has 9 heavy (non-hydrogen) atoms. The highest BCUT2D eigenvalue weighted by Crippen LogP contribution is 2.03. The number of rotatable bonds is 2. The van der Waals surface area contributed by atoms with Crippen LogP contribution in [0.1, 0.15) is 13.8 Å². The molecule has 0 saturated carbocycles. The predicted molar refractivity (Wildman–Crippen MR) is 31.7 cm³/mol. The van der Waals surface area contributed by atoms with Crippen LogP contribution in [0.4, 0.5) is 0 Å². The second-order valence-electron chi connectivity index (χ2n) is 2.10. The van der Waals surface area contributed by atoms with Gasteiger partial charge in [-0.15, -0.1) is 0 Å². The average molecular weight is 133 g/mol. The van der Waals surface area contributed by atoms with Crippen molar-refractivity contribution in [2.24, 2.45) is 11.7 Å². The highest BCUT2D eigenvalue weighted by atomic mass is 16.6. The van der Waals surface area contributed by atoms with Gasteiger partial charge in [-0.2, -0.15) is 0 Å². The Morgan fingerprint density at radius 1 is 1.67 bits per heavy atom. The van der Waals surface area contributed by atoms with E-state index in [1.54, 1.807) is 0 Å². The second-order valence-corrected chi connectivity index (χ2v) is 2.10. The third-order valence-electron chi connectivity index (χ3n) is 0.973. The Labute approximate surface area is 53.3 Å². The summed E-state index contributed by atoms with van der Waals surface area (Å²) in [5.41, 5.74) is 0.865. The topological polar surface area (TPSA) is 90.4 Å². The van der Waals surface area contributed by atoms with Crippen molar-refractivity contribution in [3.8, 4) is 0 Å². The number of hydrogen-bond acceptors (Lipinski definition) is 4. The van der Waals surface area contributed by atoms with Gasteiger partial charge in [0, 0.05) is 0 Å². The zero-order chi connectivity index (χ0) is 7.49. The number of carbonyl (C=O) groups excluding carboxylic acids is 1. The molecule has 0 heterocycles. The number of hydrogen-bond donors (Lipinski definition) is 3. The molecule has 0 unspecified atom stereocenters. The maximum Gasteiger partial charge on any atom is 0.267 e. The van der Waals surface area contributed by atoms with E-state index >= 15 is 0 Å². The molecule has 5 heteroatoms. The van der Waals surface area contributed by atoms with Crippen molar-refractivity contribution >= 4 is 5.91 Å². The van der Waals surface area contributed by atoms with Gasteiger partial charge in [0.1, 0.15) is 0 Å². The summed E-state index contributed by atoms with van der Waals surface area (Å²) >= 11 is 0. The van der Waals surface area contributed by atoms with E-state index in [2.05, 4.69) is 4.84 Å². The van der Waals surface area contributed by atoms with Crippen molar-refractivity contribution in [3.05, 3.63) is 0 Å². The average Bonchev–Trinajstić information content (AvgIpc) is 1.86. The molecule has 0 spiro atoms. The Morgan fingerprint density at radius 3 is 2.22 bits per heavy atom. The van der Waals surface area contributed by atoms with E-state index in [-0.39, 0.29) is 0 Å². The molecule has 0 aromatic carbocycles. The van der Waals surface area contributed by atoms with E-state index in [0.717, 1.165) is 0 Å². The van der Waals surface area contributed by atoms with Crippen molar-refractivity contribution in [3.63, 3.8) is 0 Å². The van der Waals surface area contributed by atoms with Gasteiger partial charge in [0.2, 0.25) is 0 Å². The monoisotopic (exact) mass is 133 g/mol. The lowest BCUT2D eigenvalue weighted by Gasteiger charge is -2.18. The number of amides is 1. The minimum absolute atomic E-state index is 0.454. The zero-order valence-electron chi connectivity index (χ0n) is 5.47. The van der Waals surface area contributed by atoms with Crippen LogP contribution in [0.5, 0.6) is 0 Å². The number of hydrazine groups is 1. The van der Waals surface area contributed by atoms with Crippen LogP contribution in [-0.4, -0.2) is 11.5 Å². The molecule has 0 bridgehead atoms. The third-order valence-corrected chi connectivity index (χ3v) is 0.973. The minimum atomic E-state index is -1.05. The molecule has 0 rings (SSSR count). The van der Waals surface area contributed by atoms with Crippen molar-refractivity contribution in [2.45, 2.75) is 19.4 Å². The van der Waals surface area contributed by atoms with Crippen LogP contribution in [0.3, 0.4) is 0 Å². The lowest BCUT2D eigenvalue weighted by atomic mass is 10.1. The molecule has 0 aliphatic rings. The van der Waals surface area contributed by atoms with Crippen LogP contribution in [-0.2, 0) is 9.63 Å². The van der Waals surface area contributed by atoms with Gasteiger partial charge in [0.15, 0.2) is 5.60 Å². The molecular weight excluding hydrogens is 122 g/mol. The minimum Gasteiger partial charge on any atom is -0.292 e. The predicted octanol–water partition coefficient (Wildman–Crippen LogP) is -1.35. The Hall–Kier alpha value is -0.650. The Morgan fingerprint density at radius 2 is 2.11 bits per heavy atom. The van der Waals surface area contributed by atoms with Gasteiger partial charge in [-0.05, 0) is 13.8 Å². The van der Waals surface area contributed by atoms with Gasteiger partial charge in [-0.3, -0.25) is 15.1 Å². The smallest absolute Gasteiger partial charge is 0.267 e. The van der Waals surface area contributed by atoms with Gasteiger partial charge in [0.25, 0.3) is 5.91 Å². The van der Waals surface area contributed by atoms with E-state index < -0.39 is 11.5 Å². The first-order valence-corrected chi connectivity index (χ1v) is 2.43. The molecule has 5 N–H and O–H groups in total. The maximum absolute atomic E-state index is 10.6. The van der Waals surface area contributed by atoms with Crippen LogP contribution >= 0.6 is 0 Å². The zero-order valence-corrected chi connectivity index (χ0v) is 5.47. The molecule has 0 radical (unpaired) electrons. The fourth-order valence-corrected chi connectivity index (χ4v) is 0.227. The van der Waals surface area contributed by atoms with Crippen LogP contribution in [0.25, 0.3) is 0 Å². The van der Waals surface area contributed by atoms with Gasteiger partial charge in [-0.1, -0.05) is 0 Å². The Balaban J connectivity index is 3.97. The van der Waals surface area contributed by atoms with E-state index in [0.29, 0.717) is 0 Å². The first-order chi connectivity index (χ1) is 4.04. The Bertz CT molecular complexity index is 112. The summed E-state index contributed by atoms with van der Waals surface area (Å²) in [6, 6.07) is 0. The number of carbonyl (C=O) groups is 1. The first-order valence-electron chi connectivity index (χ1n) is 2.43. The van der Waals surface area contributed by atoms with E-state index in [1.807, 2.05) is 5.43 Å². The van der Waals surface area contributed by atoms with Crippen molar-refractivity contribution in [1.29, 1.82) is 0 Å². The molecule has 0 aliphatic carbocycles. The second kappa shape index (κ2) is 2.77. The number of nitrogens with one attached hydrogen (secondary N) is 1. The van der Waals surface area contributed by atoms with Gasteiger partial charge in [0.05, 0.1) is 0 Å². The van der Waals surface area contributed by atoms with Crippen LogP contribution < -0.4 is 17.2 Å². The molecule has 5 nitrogen and oxygen atoms in total. The van der Waals surface area contributed by atoms with Crippen molar-refractivity contribution < 1.29 is 9.63 Å². The summed E-state index contributed by atoms with van der Waals surface area (Å²) in [5, 5.41) is 0. The molecule has 0 aliphatic heterocycles. The molecule has 0 aromatic rings. The van der Waals surface area contributed by atoms with Crippen molar-refractivity contribution in [1.82, 2.24) is 5.43 Å². The SMILES string of the molecule is CC(C)(ON)C(=O)NN. The summed E-state index contributed by atoms with van der Waals surface area (Å²) in [6.07, 6.45) is 0. The first kappa shape index (κ1) is 8.35. The number of nitrogens with two attached hydrogens (primary N) is 2. The standard InChI is InChI=1S/C4H11N3O2/c1-4(2,9-6)3(8)7-5/h5-6H2,1-2H3,(H,7,8). The molecule has 0 atom stereocenters. The van der Waals surface area contributed by atoms with Crippen LogP contribution in [0, 0.1) is 0 Å². The summed E-state index contributed by atoms with van der Waals surface area (Å²) < 4.78 is 0. The third kappa shape index (κ3) is 1.96. The van der Waals surface area contributed by atoms with Crippen LogP contribution in [0.2, 0.25) is 0 Å². The van der Waals surface area contributed by atoms with Crippen molar-refractivity contribution in [2.75, 3.05) is 0 Å². The normalized spacial score (nSPS) is 11.1. The van der Waals surface area contributed by atoms with Gasteiger partial charge in [-0.25, -0.2) is 11.7 Å². The van der Waals surface area contributed by atoms with Gasteiger partial charge < -0.3 is 0 Å². The molecule has 1 amide bonds. The largest absolute Gasteiger partial charge is 0.292 e. The highest BCUT2D eigenvalue weighted by Gasteiger charge is 2.26. The van der Waals surface area contributed by atoms with Gasteiger partial charge >= 0.3 is 0 Å². The molecule has 54 valence electrons. The quantitative estimate of drug-likeness (QED) is 0.246. The molecular formula is C4H11N3O2. The lowest BCUT2D eigenvalue weighted by molar-refractivity contribution is -0.143. The van der Waals surface area contributed by atoms with Crippen LogP contribution in [0.15, 0.2) is 0 Å². The molecule has 0 saturated heterocycles. The summed E-state index contributed by atoms with van der Waals surface area (Å²) in [5.74, 6) is 9.11. The maximum atomic E-state index is 10.6. The highest BCUT2D eigenvalue weighted by molar-refractivity contribution is 5.83. The Kier molecular flexibility index (Phi) is 2.57. The fourth-order valence-electron chi connectivity index (χ4n) is 0.227. The van der Waals surface area contributed by atoms with E-state index in [4.69, 9.17) is 11.7 Å². The van der Waals surface area contributed by atoms with E-state index in [1.165, 1.54) is 13.8 Å². The fraction of sp³-hybridized carbons (Fsp3) is 0.750. The summed E-state index contributed by atoms with van der Waals surface area (Å²) in [4.78, 5) is 14.9. The lowest BCUT2D eigenvalue weighted by Crippen LogP contribution is -2.48. The summed E-state index contributed by atoms with van der Waals surface area (Å²) in [7, 11) is 0. The summed E-state index contributed by atoms with van der Waals surface area (Å²) in [6.45, 7) is 3.02. The molecule has 0 fully saturated rings. The molecule has 0 aromatic heterocycles. The van der Waals surface area contributed by atoms with E-state index in [9.17, 15) is 4.79 Å².